The van der Waals surface area contributed by atoms with Crippen molar-refractivity contribution in [3.63, 3.8) is 0 Å². The molecular weight excluding hydrogens is 256 g/mol. The zero-order valence-corrected chi connectivity index (χ0v) is 11.8. The van der Waals surface area contributed by atoms with Crippen molar-refractivity contribution < 1.29 is 5.11 Å². The van der Waals surface area contributed by atoms with Crippen molar-refractivity contribution >= 4 is 28.4 Å². The van der Waals surface area contributed by atoms with E-state index in [1.165, 1.54) is 19.3 Å². The number of fused-ring (bicyclic) bond motifs is 1. The molecule has 0 radical (unpaired) electrons. The SMILES string of the molecule is CSC1CCC(Nc2nccc3ccc(O)cc23)C1. The molecule has 1 aromatic heterocycles. The Balaban J connectivity index is 1.86. The number of anilines is 1. The molecule has 2 atom stereocenters. The van der Waals surface area contributed by atoms with E-state index in [0.29, 0.717) is 6.04 Å². The third kappa shape index (κ3) is 2.63. The predicted molar refractivity (Wildman–Crippen MR) is 82.0 cm³/mol. The molecular formula is C15H18N2OS. The standard InChI is InChI=1S/C15H18N2OS/c1-19-13-5-3-11(8-13)17-15-14-9-12(18)4-2-10(14)6-7-16-15/h2,4,6-7,9,11,13,18H,3,5,8H2,1H3,(H,16,17). The first-order valence-electron chi connectivity index (χ1n) is 6.63. The molecule has 1 fully saturated rings. The van der Waals surface area contributed by atoms with Crippen molar-refractivity contribution in [1.29, 1.82) is 0 Å². The molecule has 0 spiro atoms. The van der Waals surface area contributed by atoms with Crippen molar-refractivity contribution in [2.24, 2.45) is 0 Å². The summed E-state index contributed by atoms with van der Waals surface area (Å²) in [5.74, 6) is 1.18. The maximum Gasteiger partial charge on any atom is 0.134 e. The highest BCUT2D eigenvalue weighted by Gasteiger charge is 2.24. The van der Waals surface area contributed by atoms with Crippen molar-refractivity contribution in [1.82, 2.24) is 4.98 Å². The second-order valence-corrected chi connectivity index (χ2v) is 6.22. The van der Waals surface area contributed by atoms with Crippen molar-refractivity contribution in [3.05, 3.63) is 30.5 Å². The number of phenolic OH excluding ortho intramolecular Hbond substituents is 1. The number of aromatic nitrogens is 1. The van der Waals surface area contributed by atoms with Gasteiger partial charge in [0.2, 0.25) is 0 Å². The zero-order chi connectivity index (χ0) is 13.2. The van der Waals surface area contributed by atoms with E-state index in [-0.39, 0.29) is 5.75 Å². The first-order chi connectivity index (χ1) is 9.26. The fourth-order valence-electron chi connectivity index (χ4n) is 2.75. The molecule has 0 amide bonds. The molecule has 1 saturated carbocycles. The molecule has 19 heavy (non-hydrogen) atoms. The summed E-state index contributed by atoms with van der Waals surface area (Å²) >= 11 is 1.95. The maximum atomic E-state index is 9.64. The summed E-state index contributed by atoms with van der Waals surface area (Å²) in [6, 6.07) is 7.89. The number of thioether (sulfide) groups is 1. The van der Waals surface area contributed by atoms with Crippen LogP contribution in [0.5, 0.6) is 5.75 Å². The number of aromatic hydroxyl groups is 1. The molecule has 0 bridgehead atoms. The van der Waals surface area contributed by atoms with Crippen LogP contribution in [0.1, 0.15) is 19.3 Å². The van der Waals surface area contributed by atoms with E-state index in [9.17, 15) is 5.11 Å². The normalized spacial score (nSPS) is 22.8. The van der Waals surface area contributed by atoms with E-state index in [1.54, 1.807) is 12.1 Å². The van der Waals surface area contributed by atoms with Gasteiger partial charge in [0.05, 0.1) is 0 Å². The number of pyridine rings is 1. The summed E-state index contributed by atoms with van der Waals surface area (Å²) in [6.45, 7) is 0. The molecule has 0 saturated heterocycles. The van der Waals surface area contributed by atoms with E-state index in [0.717, 1.165) is 21.8 Å². The summed E-state index contributed by atoms with van der Waals surface area (Å²) in [5, 5.41) is 16.0. The number of hydrogen-bond acceptors (Lipinski definition) is 4. The fourth-order valence-corrected chi connectivity index (χ4v) is 3.55. The minimum atomic E-state index is 0.289. The monoisotopic (exact) mass is 274 g/mol. The average Bonchev–Trinajstić information content (AvgIpc) is 2.87. The van der Waals surface area contributed by atoms with E-state index in [2.05, 4.69) is 16.6 Å². The Morgan fingerprint density at radius 3 is 3.00 bits per heavy atom. The van der Waals surface area contributed by atoms with Crippen LogP contribution in [-0.4, -0.2) is 27.6 Å². The molecule has 1 aromatic carbocycles. The van der Waals surface area contributed by atoms with Crippen LogP contribution >= 0.6 is 11.8 Å². The lowest BCUT2D eigenvalue weighted by Gasteiger charge is -2.15. The highest BCUT2D eigenvalue weighted by molar-refractivity contribution is 7.99. The van der Waals surface area contributed by atoms with Crippen molar-refractivity contribution in [3.8, 4) is 5.75 Å². The molecule has 100 valence electrons. The van der Waals surface area contributed by atoms with Gasteiger partial charge in [-0.1, -0.05) is 6.07 Å². The zero-order valence-electron chi connectivity index (χ0n) is 11.0. The van der Waals surface area contributed by atoms with Gasteiger partial charge < -0.3 is 10.4 Å². The fraction of sp³-hybridized carbons (Fsp3) is 0.400. The molecule has 1 aliphatic carbocycles. The van der Waals surface area contributed by atoms with E-state index >= 15 is 0 Å². The van der Waals surface area contributed by atoms with Crippen LogP contribution < -0.4 is 5.32 Å². The third-order valence-corrected chi connectivity index (χ3v) is 4.90. The van der Waals surface area contributed by atoms with Crippen LogP contribution in [-0.2, 0) is 0 Å². The van der Waals surface area contributed by atoms with Gasteiger partial charge in [0.1, 0.15) is 11.6 Å². The van der Waals surface area contributed by atoms with Crippen molar-refractivity contribution in [2.75, 3.05) is 11.6 Å². The molecule has 2 aromatic rings. The lowest BCUT2D eigenvalue weighted by atomic mass is 10.1. The smallest absolute Gasteiger partial charge is 0.134 e. The lowest BCUT2D eigenvalue weighted by Crippen LogP contribution is -2.17. The van der Waals surface area contributed by atoms with Gasteiger partial charge in [-0.25, -0.2) is 4.98 Å². The molecule has 2 N–H and O–H groups in total. The molecule has 4 heteroatoms. The summed E-state index contributed by atoms with van der Waals surface area (Å²) in [7, 11) is 0. The van der Waals surface area contributed by atoms with Gasteiger partial charge in [-0.3, -0.25) is 0 Å². The Morgan fingerprint density at radius 1 is 1.32 bits per heavy atom. The van der Waals surface area contributed by atoms with Gasteiger partial charge in [0.25, 0.3) is 0 Å². The van der Waals surface area contributed by atoms with Gasteiger partial charge in [0.15, 0.2) is 0 Å². The van der Waals surface area contributed by atoms with Crippen LogP contribution in [0, 0.1) is 0 Å². The Hall–Kier alpha value is -1.42. The van der Waals surface area contributed by atoms with E-state index < -0.39 is 0 Å². The second kappa shape index (κ2) is 5.29. The number of nitrogens with zero attached hydrogens (tertiary/aromatic N) is 1. The Bertz CT molecular complexity index is 587. The minimum absolute atomic E-state index is 0.289. The molecule has 1 heterocycles. The highest BCUT2D eigenvalue weighted by atomic mass is 32.2. The number of nitrogens with one attached hydrogen (secondary N) is 1. The van der Waals surface area contributed by atoms with Crippen molar-refractivity contribution in [2.45, 2.75) is 30.6 Å². The lowest BCUT2D eigenvalue weighted by molar-refractivity contribution is 0.476. The van der Waals surface area contributed by atoms with E-state index in [1.807, 2.05) is 30.1 Å². The van der Waals surface area contributed by atoms with Crippen LogP contribution in [0.2, 0.25) is 0 Å². The Kier molecular flexibility index (Phi) is 3.51. The largest absolute Gasteiger partial charge is 0.508 e. The number of benzene rings is 1. The Morgan fingerprint density at radius 2 is 2.21 bits per heavy atom. The quantitative estimate of drug-likeness (QED) is 0.897. The van der Waals surface area contributed by atoms with Crippen LogP contribution in [0.4, 0.5) is 5.82 Å². The van der Waals surface area contributed by atoms with Gasteiger partial charge in [-0.05, 0) is 49.1 Å². The summed E-state index contributed by atoms with van der Waals surface area (Å²) in [4.78, 5) is 4.43. The van der Waals surface area contributed by atoms with Gasteiger partial charge in [-0.2, -0.15) is 11.8 Å². The van der Waals surface area contributed by atoms with Crippen LogP contribution in [0.3, 0.4) is 0 Å². The van der Waals surface area contributed by atoms with Gasteiger partial charge in [0, 0.05) is 22.9 Å². The molecule has 3 nitrogen and oxygen atoms in total. The average molecular weight is 274 g/mol. The summed E-state index contributed by atoms with van der Waals surface area (Å²) < 4.78 is 0. The summed E-state index contributed by atoms with van der Waals surface area (Å²) in [6.07, 6.45) is 7.67. The molecule has 3 rings (SSSR count). The number of hydrogen-bond donors (Lipinski definition) is 2. The van der Waals surface area contributed by atoms with Gasteiger partial charge in [-0.15, -0.1) is 0 Å². The minimum Gasteiger partial charge on any atom is -0.508 e. The van der Waals surface area contributed by atoms with E-state index in [4.69, 9.17) is 0 Å². The number of phenols is 1. The third-order valence-electron chi connectivity index (χ3n) is 3.81. The van der Waals surface area contributed by atoms with Crippen LogP contribution in [0.25, 0.3) is 10.8 Å². The first kappa shape index (κ1) is 12.6. The highest BCUT2D eigenvalue weighted by Crippen LogP contribution is 2.32. The molecule has 0 aliphatic heterocycles. The molecule has 2 unspecified atom stereocenters. The topological polar surface area (TPSA) is 45.2 Å². The Labute approximate surface area is 117 Å². The first-order valence-corrected chi connectivity index (χ1v) is 7.92. The predicted octanol–water partition coefficient (Wildman–Crippen LogP) is 3.64. The number of rotatable bonds is 3. The second-order valence-electron chi connectivity index (χ2n) is 5.08. The van der Waals surface area contributed by atoms with Crippen LogP contribution in [0.15, 0.2) is 30.5 Å². The molecule has 1 aliphatic rings. The van der Waals surface area contributed by atoms with Gasteiger partial charge >= 0.3 is 0 Å². The summed E-state index contributed by atoms with van der Waals surface area (Å²) in [5.41, 5.74) is 0. The maximum absolute atomic E-state index is 9.64.